The van der Waals surface area contributed by atoms with E-state index in [1.165, 1.54) is 7.11 Å². The highest BCUT2D eigenvalue weighted by atomic mass is 79.9. The Kier molecular flexibility index (Phi) is 5.43. The first-order valence-electron chi connectivity index (χ1n) is 6.98. The molecular formula is C15H19BrO4S. The largest absolute Gasteiger partial charge is 0.469 e. The van der Waals surface area contributed by atoms with Gasteiger partial charge in [0.25, 0.3) is 0 Å². The molecular weight excluding hydrogens is 356 g/mol. The second-order valence-corrected chi connectivity index (χ2v) is 8.43. The van der Waals surface area contributed by atoms with Crippen LogP contribution in [-0.2, 0) is 19.4 Å². The van der Waals surface area contributed by atoms with Crippen LogP contribution in [0, 0.1) is 11.8 Å². The van der Waals surface area contributed by atoms with Gasteiger partial charge in [0.2, 0.25) is 0 Å². The number of hydrogen-bond donors (Lipinski definition) is 0. The van der Waals surface area contributed by atoms with Gasteiger partial charge in [-0.05, 0) is 55.9 Å². The molecule has 0 heterocycles. The van der Waals surface area contributed by atoms with Gasteiger partial charge in [0.1, 0.15) is 0 Å². The summed E-state index contributed by atoms with van der Waals surface area (Å²) in [6, 6.07) is 6.72. The van der Waals surface area contributed by atoms with Gasteiger partial charge < -0.3 is 4.74 Å². The third-order valence-electron chi connectivity index (χ3n) is 4.01. The summed E-state index contributed by atoms with van der Waals surface area (Å²) < 4.78 is 30.4. The number of esters is 1. The number of halogens is 1. The first-order valence-corrected chi connectivity index (χ1v) is 9.43. The van der Waals surface area contributed by atoms with Gasteiger partial charge in [-0.2, -0.15) is 0 Å². The predicted molar refractivity (Wildman–Crippen MR) is 83.7 cm³/mol. The number of carbonyl (C=O) groups is 1. The summed E-state index contributed by atoms with van der Waals surface area (Å²) in [7, 11) is -1.86. The Bertz CT molecular complexity index is 587. The normalized spacial score (nSPS) is 22.8. The van der Waals surface area contributed by atoms with Gasteiger partial charge in [0.05, 0.1) is 23.7 Å². The van der Waals surface area contributed by atoms with Crippen LogP contribution >= 0.6 is 15.9 Å². The maximum atomic E-state index is 12.4. The quantitative estimate of drug-likeness (QED) is 0.759. The SMILES string of the molecule is COC(=O)C1CCC(CS(=O)(=O)c2ccc(Br)cc2)CC1. The number of hydrogen-bond acceptors (Lipinski definition) is 4. The molecule has 0 amide bonds. The van der Waals surface area contributed by atoms with Crippen LogP contribution in [0.5, 0.6) is 0 Å². The summed E-state index contributed by atoms with van der Waals surface area (Å²) >= 11 is 3.30. The molecule has 1 aromatic carbocycles. The molecule has 6 heteroatoms. The van der Waals surface area contributed by atoms with Crippen molar-refractivity contribution < 1.29 is 17.9 Å². The van der Waals surface area contributed by atoms with Crippen molar-refractivity contribution in [3.63, 3.8) is 0 Å². The van der Waals surface area contributed by atoms with Crippen molar-refractivity contribution in [3.8, 4) is 0 Å². The van der Waals surface area contributed by atoms with E-state index in [0.29, 0.717) is 17.7 Å². The highest BCUT2D eigenvalue weighted by Crippen LogP contribution is 2.31. The van der Waals surface area contributed by atoms with Gasteiger partial charge in [-0.3, -0.25) is 4.79 Å². The van der Waals surface area contributed by atoms with Crippen molar-refractivity contribution in [2.75, 3.05) is 12.9 Å². The summed E-state index contributed by atoms with van der Waals surface area (Å²) in [5, 5.41) is 0. The summed E-state index contributed by atoms with van der Waals surface area (Å²) in [5.74, 6) is 0.0353. The van der Waals surface area contributed by atoms with Gasteiger partial charge in [0, 0.05) is 4.47 Å². The number of rotatable bonds is 4. The standard InChI is InChI=1S/C15H19BrO4S/c1-20-15(17)12-4-2-11(3-5-12)10-21(18,19)14-8-6-13(16)7-9-14/h6-9,11-12H,2-5,10H2,1H3. The summed E-state index contributed by atoms with van der Waals surface area (Å²) in [6.45, 7) is 0. The van der Waals surface area contributed by atoms with Crippen molar-refractivity contribution >= 4 is 31.7 Å². The molecule has 2 rings (SSSR count). The van der Waals surface area contributed by atoms with E-state index in [1.807, 2.05) is 0 Å². The first kappa shape index (κ1) is 16.5. The lowest BCUT2D eigenvalue weighted by molar-refractivity contribution is -0.146. The van der Waals surface area contributed by atoms with Gasteiger partial charge in [-0.15, -0.1) is 0 Å². The van der Waals surface area contributed by atoms with Crippen LogP contribution in [0.25, 0.3) is 0 Å². The van der Waals surface area contributed by atoms with E-state index in [9.17, 15) is 13.2 Å². The highest BCUT2D eigenvalue weighted by Gasteiger charge is 2.30. The molecule has 0 saturated heterocycles. The van der Waals surface area contributed by atoms with Crippen LogP contribution in [-0.4, -0.2) is 27.2 Å². The third-order valence-corrected chi connectivity index (χ3v) is 6.44. The molecule has 0 atom stereocenters. The zero-order chi connectivity index (χ0) is 15.5. The number of methoxy groups -OCH3 is 1. The minimum absolute atomic E-state index is 0.0679. The molecule has 4 nitrogen and oxygen atoms in total. The predicted octanol–water partition coefficient (Wildman–Crippen LogP) is 3.20. The molecule has 0 aliphatic heterocycles. The van der Waals surface area contributed by atoms with Crippen molar-refractivity contribution in [3.05, 3.63) is 28.7 Å². The molecule has 116 valence electrons. The molecule has 1 aliphatic rings. The summed E-state index contributed by atoms with van der Waals surface area (Å²) in [5.41, 5.74) is 0. The van der Waals surface area contributed by atoms with E-state index in [1.54, 1.807) is 24.3 Å². The Morgan fingerprint density at radius 1 is 1.19 bits per heavy atom. The van der Waals surface area contributed by atoms with Gasteiger partial charge >= 0.3 is 5.97 Å². The zero-order valence-electron chi connectivity index (χ0n) is 11.9. The Hall–Kier alpha value is -0.880. The van der Waals surface area contributed by atoms with Gasteiger partial charge in [-0.25, -0.2) is 8.42 Å². The summed E-state index contributed by atoms with van der Waals surface area (Å²) in [4.78, 5) is 11.8. The maximum absolute atomic E-state index is 12.4. The Morgan fingerprint density at radius 2 is 1.76 bits per heavy atom. The molecule has 0 N–H and O–H groups in total. The van der Waals surface area contributed by atoms with Crippen molar-refractivity contribution in [2.45, 2.75) is 30.6 Å². The van der Waals surface area contributed by atoms with Crippen LogP contribution in [0.1, 0.15) is 25.7 Å². The number of carbonyl (C=O) groups excluding carboxylic acids is 1. The zero-order valence-corrected chi connectivity index (χ0v) is 14.3. The Labute approximate surface area is 133 Å². The molecule has 0 spiro atoms. The monoisotopic (exact) mass is 374 g/mol. The molecule has 0 radical (unpaired) electrons. The fourth-order valence-corrected chi connectivity index (χ4v) is 4.74. The van der Waals surface area contributed by atoms with E-state index in [-0.39, 0.29) is 23.6 Å². The van der Waals surface area contributed by atoms with E-state index in [2.05, 4.69) is 15.9 Å². The van der Waals surface area contributed by atoms with E-state index >= 15 is 0 Å². The second-order valence-electron chi connectivity index (χ2n) is 5.48. The van der Waals surface area contributed by atoms with Crippen LogP contribution in [0.15, 0.2) is 33.6 Å². The van der Waals surface area contributed by atoms with Crippen molar-refractivity contribution in [2.24, 2.45) is 11.8 Å². The average molecular weight is 375 g/mol. The fourth-order valence-electron chi connectivity index (χ4n) is 2.78. The van der Waals surface area contributed by atoms with Crippen LogP contribution in [0.3, 0.4) is 0 Å². The van der Waals surface area contributed by atoms with Gasteiger partial charge in [-0.1, -0.05) is 15.9 Å². The molecule has 0 aromatic heterocycles. The van der Waals surface area contributed by atoms with Crippen molar-refractivity contribution in [1.82, 2.24) is 0 Å². The summed E-state index contributed by atoms with van der Waals surface area (Å²) in [6.07, 6.45) is 2.95. The number of sulfone groups is 1. The topological polar surface area (TPSA) is 60.4 Å². The lowest BCUT2D eigenvalue weighted by atomic mass is 9.83. The highest BCUT2D eigenvalue weighted by molar-refractivity contribution is 9.10. The molecule has 0 bridgehead atoms. The smallest absolute Gasteiger partial charge is 0.308 e. The fraction of sp³-hybridized carbons (Fsp3) is 0.533. The molecule has 1 fully saturated rings. The van der Waals surface area contributed by atoms with Crippen molar-refractivity contribution in [1.29, 1.82) is 0 Å². The molecule has 21 heavy (non-hydrogen) atoms. The average Bonchev–Trinajstić information content (AvgIpc) is 2.47. The third kappa shape index (κ3) is 4.30. The lowest BCUT2D eigenvalue weighted by Crippen LogP contribution is -2.26. The Balaban J connectivity index is 1.96. The Morgan fingerprint density at radius 3 is 2.29 bits per heavy atom. The van der Waals surface area contributed by atoms with Crippen LogP contribution in [0.2, 0.25) is 0 Å². The van der Waals surface area contributed by atoms with Gasteiger partial charge in [0.15, 0.2) is 9.84 Å². The minimum Gasteiger partial charge on any atom is -0.469 e. The first-order chi connectivity index (χ1) is 9.92. The molecule has 1 saturated carbocycles. The number of benzene rings is 1. The molecule has 0 unspecified atom stereocenters. The maximum Gasteiger partial charge on any atom is 0.308 e. The second kappa shape index (κ2) is 6.92. The van der Waals surface area contributed by atoms with E-state index in [0.717, 1.165) is 17.3 Å². The van der Waals surface area contributed by atoms with E-state index in [4.69, 9.17) is 4.74 Å². The molecule has 1 aromatic rings. The minimum atomic E-state index is -3.26. The molecule has 1 aliphatic carbocycles. The number of ether oxygens (including phenoxy) is 1. The lowest BCUT2D eigenvalue weighted by Gasteiger charge is -2.26. The van der Waals surface area contributed by atoms with Crippen LogP contribution in [0.4, 0.5) is 0 Å². The van der Waals surface area contributed by atoms with E-state index < -0.39 is 9.84 Å². The van der Waals surface area contributed by atoms with Crippen LogP contribution < -0.4 is 0 Å².